The summed E-state index contributed by atoms with van der Waals surface area (Å²) in [6, 6.07) is 3.47. The molecule has 2 atom stereocenters. The molecule has 0 amide bonds. The molecule has 0 radical (unpaired) electrons. The van der Waals surface area contributed by atoms with Crippen LogP contribution in [0.15, 0.2) is 18.3 Å². The molecule has 1 aliphatic rings. The van der Waals surface area contributed by atoms with E-state index >= 15 is 0 Å². The Morgan fingerprint density at radius 1 is 1.38 bits per heavy atom. The molecule has 2 heterocycles. The maximum absolute atomic E-state index is 11.7. The predicted octanol–water partition coefficient (Wildman–Crippen LogP) is 1.50. The molecule has 0 aliphatic carbocycles. The SMILES string of the molecule is CCOC(=O)c1ccc(N2CC(C)C(C(=O)OC)C2)nc1. The number of nitrogens with zero attached hydrogens (tertiary/aromatic N) is 2. The van der Waals surface area contributed by atoms with Crippen LogP contribution < -0.4 is 4.90 Å². The number of methoxy groups -OCH3 is 1. The molecule has 1 aliphatic heterocycles. The van der Waals surface area contributed by atoms with Crippen molar-refractivity contribution in [3.05, 3.63) is 23.9 Å². The zero-order valence-corrected chi connectivity index (χ0v) is 12.5. The molecule has 0 N–H and O–H groups in total. The average Bonchev–Trinajstić information content (AvgIpc) is 2.89. The molecule has 1 fully saturated rings. The molecule has 21 heavy (non-hydrogen) atoms. The van der Waals surface area contributed by atoms with E-state index in [9.17, 15) is 9.59 Å². The van der Waals surface area contributed by atoms with Crippen molar-refractivity contribution < 1.29 is 19.1 Å². The Balaban J connectivity index is 2.06. The molecule has 0 saturated carbocycles. The second-order valence-electron chi connectivity index (χ2n) is 5.14. The minimum Gasteiger partial charge on any atom is -0.469 e. The number of anilines is 1. The van der Waals surface area contributed by atoms with Gasteiger partial charge in [-0.1, -0.05) is 6.92 Å². The van der Waals surface area contributed by atoms with Crippen molar-refractivity contribution in [3.63, 3.8) is 0 Å². The summed E-state index contributed by atoms with van der Waals surface area (Å²) in [5.41, 5.74) is 0.428. The summed E-state index contributed by atoms with van der Waals surface area (Å²) in [6.07, 6.45) is 1.50. The quantitative estimate of drug-likeness (QED) is 0.783. The summed E-state index contributed by atoms with van der Waals surface area (Å²) in [7, 11) is 1.41. The van der Waals surface area contributed by atoms with E-state index in [2.05, 4.69) is 4.98 Å². The molecule has 0 spiro atoms. The third-order valence-corrected chi connectivity index (χ3v) is 3.70. The molecule has 6 nitrogen and oxygen atoms in total. The lowest BCUT2D eigenvalue weighted by molar-refractivity contribution is -0.145. The van der Waals surface area contributed by atoms with Crippen molar-refractivity contribution in [1.29, 1.82) is 0 Å². The molecule has 114 valence electrons. The van der Waals surface area contributed by atoms with Crippen LogP contribution in [0.5, 0.6) is 0 Å². The van der Waals surface area contributed by atoms with Gasteiger partial charge < -0.3 is 14.4 Å². The lowest BCUT2D eigenvalue weighted by Crippen LogP contribution is -2.24. The van der Waals surface area contributed by atoms with Crippen molar-refractivity contribution in [1.82, 2.24) is 4.98 Å². The number of hydrogen-bond donors (Lipinski definition) is 0. The number of rotatable bonds is 4. The van der Waals surface area contributed by atoms with Gasteiger partial charge in [-0.05, 0) is 25.0 Å². The van der Waals surface area contributed by atoms with Crippen molar-refractivity contribution in [3.8, 4) is 0 Å². The van der Waals surface area contributed by atoms with E-state index in [0.717, 1.165) is 12.4 Å². The lowest BCUT2D eigenvalue weighted by atomic mass is 9.99. The first-order valence-electron chi connectivity index (χ1n) is 7.02. The van der Waals surface area contributed by atoms with Gasteiger partial charge in [-0.15, -0.1) is 0 Å². The Hall–Kier alpha value is -2.11. The first-order valence-corrected chi connectivity index (χ1v) is 7.02. The molecular weight excluding hydrogens is 272 g/mol. The molecule has 2 rings (SSSR count). The highest BCUT2D eigenvalue weighted by molar-refractivity contribution is 5.89. The minimum atomic E-state index is -0.376. The molecular formula is C15H20N2O4. The maximum atomic E-state index is 11.7. The molecule has 1 saturated heterocycles. The number of esters is 2. The normalized spacial score (nSPS) is 21.2. The summed E-state index contributed by atoms with van der Waals surface area (Å²) >= 11 is 0. The van der Waals surface area contributed by atoms with Crippen LogP contribution in [0.25, 0.3) is 0 Å². The fourth-order valence-electron chi connectivity index (χ4n) is 2.52. The Labute approximate surface area is 124 Å². The van der Waals surface area contributed by atoms with Crippen LogP contribution in [0.3, 0.4) is 0 Å². The molecule has 2 unspecified atom stereocenters. The van der Waals surface area contributed by atoms with Crippen molar-refractivity contribution >= 4 is 17.8 Å². The summed E-state index contributed by atoms with van der Waals surface area (Å²) in [5, 5.41) is 0. The number of aromatic nitrogens is 1. The second-order valence-corrected chi connectivity index (χ2v) is 5.14. The summed E-state index contributed by atoms with van der Waals surface area (Å²) in [5.74, 6) is 0.263. The van der Waals surface area contributed by atoms with Gasteiger partial charge in [0.15, 0.2) is 0 Å². The highest BCUT2D eigenvalue weighted by atomic mass is 16.5. The van der Waals surface area contributed by atoms with Gasteiger partial charge in [-0.3, -0.25) is 4.79 Å². The molecule has 6 heteroatoms. The van der Waals surface area contributed by atoms with Crippen LogP contribution >= 0.6 is 0 Å². The van der Waals surface area contributed by atoms with Crippen LogP contribution in [-0.2, 0) is 14.3 Å². The van der Waals surface area contributed by atoms with E-state index in [4.69, 9.17) is 9.47 Å². The van der Waals surface area contributed by atoms with Gasteiger partial charge in [0.25, 0.3) is 0 Å². The van der Waals surface area contributed by atoms with E-state index < -0.39 is 0 Å². The molecule has 1 aromatic heterocycles. The molecule has 0 bridgehead atoms. The average molecular weight is 292 g/mol. The third kappa shape index (κ3) is 3.32. The Morgan fingerprint density at radius 3 is 2.71 bits per heavy atom. The van der Waals surface area contributed by atoms with Crippen LogP contribution in [0.1, 0.15) is 24.2 Å². The van der Waals surface area contributed by atoms with Gasteiger partial charge >= 0.3 is 11.9 Å². The molecule has 0 aromatic carbocycles. The number of carbonyl (C=O) groups excluding carboxylic acids is 2. The topological polar surface area (TPSA) is 68.7 Å². The van der Waals surface area contributed by atoms with Crippen LogP contribution in [0.2, 0.25) is 0 Å². The fourth-order valence-corrected chi connectivity index (χ4v) is 2.52. The predicted molar refractivity (Wildman–Crippen MR) is 77.1 cm³/mol. The van der Waals surface area contributed by atoms with Gasteiger partial charge in [0, 0.05) is 19.3 Å². The van der Waals surface area contributed by atoms with E-state index in [0.29, 0.717) is 18.7 Å². The highest BCUT2D eigenvalue weighted by Crippen LogP contribution is 2.27. The maximum Gasteiger partial charge on any atom is 0.339 e. The first-order chi connectivity index (χ1) is 10.1. The van der Waals surface area contributed by atoms with E-state index in [-0.39, 0.29) is 23.8 Å². The smallest absolute Gasteiger partial charge is 0.339 e. The van der Waals surface area contributed by atoms with Gasteiger partial charge in [0.05, 0.1) is 25.2 Å². The van der Waals surface area contributed by atoms with Gasteiger partial charge in [-0.2, -0.15) is 0 Å². The van der Waals surface area contributed by atoms with Gasteiger partial charge in [0.1, 0.15) is 5.82 Å². The Bertz CT molecular complexity index is 515. The summed E-state index contributed by atoms with van der Waals surface area (Å²) < 4.78 is 9.74. The number of ether oxygens (including phenoxy) is 2. The summed E-state index contributed by atoms with van der Waals surface area (Å²) in [4.78, 5) is 29.6. The van der Waals surface area contributed by atoms with Crippen molar-refractivity contribution in [2.75, 3.05) is 31.7 Å². The summed E-state index contributed by atoms with van der Waals surface area (Å²) in [6.45, 7) is 5.45. The molecule has 1 aromatic rings. The zero-order valence-electron chi connectivity index (χ0n) is 12.5. The number of carbonyl (C=O) groups is 2. The largest absolute Gasteiger partial charge is 0.469 e. The lowest BCUT2D eigenvalue weighted by Gasteiger charge is -2.17. The first kappa shape index (κ1) is 15.3. The van der Waals surface area contributed by atoms with Crippen LogP contribution in [-0.4, -0.2) is 43.7 Å². The second kappa shape index (κ2) is 6.56. The Morgan fingerprint density at radius 2 is 2.14 bits per heavy atom. The van der Waals surface area contributed by atoms with Gasteiger partial charge in [0.2, 0.25) is 0 Å². The van der Waals surface area contributed by atoms with Crippen LogP contribution in [0.4, 0.5) is 5.82 Å². The zero-order chi connectivity index (χ0) is 15.4. The monoisotopic (exact) mass is 292 g/mol. The number of pyridine rings is 1. The highest BCUT2D eigenvalue weighted by Gasteiger charge is 2.36. The van der Waals surface area contributed by atoms with Crippen molar-refractivity contribution in [2.24, 2.45) is 11.8 Å². The third-order valence-electron chi connectivity index (χ3n) is 3.70. The Kier molecular flexibility index (Phi) is 4.77. The fraction of sp³-hybridized carbons (Fsp3) is 0.533. The van der Waals surface area contributed by atoms with Crippen molar-refractivity contribution in [2.45, 2.75) is 13.8 Å². The van der Waals surface area contributed by atoms with Crippen LogP contribution in [0, 0.1) is 11.8 Å². The van der Waals surface area contributed by atoms with E-state index in [1.165, 1.54) is 13.3 Å². The van der Waals surface area contributed by atoms with E-state index in [1.807, 2.05) is 11.8 Å². The van der Waals surface area contributed by atoms with Gasteiger partial charge in [-0.25, -0.2) is 9.78 Å². The standard InChI is InChI=1S/C15H20N2O4/c1-4-21-14(18)11-5-6-13(16-7-11)17-8-10(2)12(9-17)15(19)20-3/h5-7,10,12H,4,8-9H2,1-3H3. The van der Waals surface area contributed by atoms with E-state index in [1.54, 1.807) is 19.1 Å². The number of hydrogen-bond acceptors (Lipinski definition) is 6. The minimum absolute atomic E-state index is 0.137.